The van der Waals surface area contributed by atoms with Crippen LogP contribution in [0, 0.1) is 5.92 Å². The van der Waals surface area contributed by atoms with Gasteiger partial charge >= 0.3 is 6.09 Å². The van der Waals surface area contributed by atoms with Gasteiger partial charge in [-0.15, -0.1) is 0 Å². The van der Waals surface area contributed by atoms with Gasteiger partial charge in [-0.1, -0.05) is 54.6 Å². The van der Waals surface area contributed by atoms with Crippen molar-refractivity contribution in [1.29, 1.82) is 0 Å². The molecule has 3 heterocycles. The van der Waals surface area contributed by atoms with Gasteiger partial charge in [0.2, 0.25) is 0 Å². The van der Waals surface area contributed by atoms with Crippen molar-refractivity contribution in [3.05, 3.63) is 83.9 Å². The molecule has 3 aromatic rings. The predicted molar refractivity (Wildman–Crippen MR) is 148 cm³/mol. The zero-order chi connectivity index (χ0) is 25.5. The molecule has 6 heteroatoms. The lowest BCUT2D eigenvalue weighted by Crippen LogP contribution is -2.52. The Kier molecular flexibility index (Phi) is 8.39. The molecule has 3 fully saturated rings. The maximum atomic E-state index is 13.0. The highest BCUT2D eigenvalue weighted by atomic mass is 16.6. The minimum Gasteiger partial charge on any atom is -0.494 e. The van der Waals surface area contributed by atoms with Crippen molar-refractivity contribution in [2.75, 3.05) is 38.1 Å². The van der Waals surface area contributed by atoms with E-state index in [1.165, 1.54) is 5.56 Å². The van der Waals surface area contributed by atoms with Crippen LogP contribution in [-0.2, 0) is 17.6 Å². The summed E-state index contributed by atoms with van der Waals surface area (Å²) in [7, 11) is 0. The molecule has 0 aromatic heterocycles. The largest absolute Gasteiger partial charge is 0.494 e. The van der Waals surface area contributed by atoms with Crippen LogP contribution in [0.25, 0.3) is 11.1 Å². The molecule has 0 radical (unpaired) electrons. The van der Waals surface area contributed by atoms with Crippen molar-refractivity contribution in [3.63, 3.8) is 0 Å². The van der Waals surface area contributed by atoms with Crippen LogP contribution >= 0.6 is 0 Å². The summed E-state index contributed by atoms with van der Waals surface area (Å²) in [5.74, 6) is 1.35. The van der Waals surface area contributed by atoms with E-state index in [1.54, 1.807) is 0 Å². The van der Waals surface area contributed by atoms with Crippen LogP contribution in [0.15, 0.2) is 72.8 Å². The van der Waals surface area contributed by atoms with Gasteiger partial charge in [-0.2, -0.15) is 0 Å². The number of hydrogen-bond acceptors (Lipinski definition) is 5. The SMILES string of the molecule is NCCc1ccc(OCCCc2ccc(-c3ccccc3)c(NC(=O)O[C@H]3CN4CCC3CC4)c2)cc1. The van der Waals surface area contributed by atoms with Crippen molar-refractivity contribution in [2.24, 2.45) is 11.7 Å². The van der Waals surface area contributed by atoms with Crippen LogP contribution in [0.1, 0.15) is 30.4 Å². The Labute approximate surface area is 219 Å². The molecule has 2 bridgehead atoms. The summed E-state index contributed by atoms with van der Waals surface area (Å²) in [6.07, 6.45) is 4.44. The summed E-state index contributed by atoms with van der Waals surface area (Å²) in [6, 6.07) is 24.6. The summed E-state index contributed by atoms with van der Waals surface area (Å²) in [4.78, 5) is 15.3. The Balaban J connectivity index is 1.21. The number of aryl methyl sites for hydroxylation is 1. The quantitative estimate of drug-likeness (QED) is 0.360. The van der Waals surface area contributed by atoms with E-state index in [0.717, 1.165) is 79.9 Å². The van der Waals surface area contributed by atoms with Crippen LogP contribution < -0.4 is 15.8 Å². The van der Waals surface area contributed by atoms with Gasteiger partial charge in [-0.05, 0) is 92.5 Å². The molecule has 0 saturated carbocycles. The Bertz CT molecular complexity index is 1160. The first-order valence-corrected chi connectivity index (χ1v) is 13.5. The number of ether oxygens (including phenoxy) is 2. The molecule has 6 nitrogen and oxygen atoms in total. The van der Waals surface area contributed by atoms with E-state index in [0.29, 0.717) is 19.1 Å². The number of piperidine rings is 3. The lowest BCUT2D eigenvalue weighted by Gasteiger charge is -2.43. The van der Waals surface area contributed by atoms with Gasteiger partial charge in [0.15, 0.2) is 0 Å². The molecule has 3 N–H and O–H groups in total. The molecule has 37 heavy (non-hydrogen) atoms. The third-order valence-electron chi connectivity index (χ3n) is 7.49. The van der Waals surface area contributed by atoms with Gasteiger partial charge in [0.25, 0.3) is 0 Å². The minimum absolute atomic E-state index is 0.0209. The summed E-state index contributed by atoms with van der Waals surface area (Å²) in [5, 5.41) is 3.07. The number of amides is 1. The van der Waals surface area contributed by atoms with Gasteiger partial charge < -0.3 is 15.2 Å². The number of fused-ring (bicyclic) bond motifs is 3. The third-order valence-corrected chi connectivity index (χ3v) is 7.49. The normalized spacial score (nSPS) is 20.4. The first kappa shape index (κ1) is 25.3. The first-order chi connectivity index (χ1) is 18.2. The third kappa shape index (κ3) is 6.70. The van der Waals surface area contributed by atoms with E-state index in [2.05, 4.69) is 52.7 Å². The van der Waals surface area contributed by atoms with E-state index < -0.39 is 0 Å². The van der Waals surface area contributed by atoms with Crippen molar-refractivity contribution < 1.29 is 14.3 Å². The Morgan fingerprint density at radius 3 is 2.41 bits per heavy atom. The average Bonchev–Trinajstić information content (AvgIpc) is 2.93. The second kappa shape index (κ2) is 12.3. The summed E-state index contributed by atoms with van der Waals surface area (Å²) in [6.45, 7) is 4.36. The van der Waals surface area contributed by atoms with Gasteiger partial charge in [-0.25, -0.2) is 4.79 Å². The van der Waals surface area contributed by atoms with Crippen molar-refractivity contribution >= 4 is 11.8 Å². The van der Waals surface area contributed by atoms with Gasteiger partial charge in [0.1, 0.15) is 11.9 Å². The average molecular weight is 500 g/mol. The first-order valence-electron chi connectivity index (χ1n) is 13.5. The molecular weight excluding hydrogens is 462 g/mol. The fraction of sp³-hybridized carbons (Fsp3) is 0.387. The lowest BCUT2D eigenvalue weighted by atomic mass is 9.86. The molecule has 0 aliphatic carbocycles. The molecule has 1 amide bonds. The second-order valence-corrected chi connectivity index (χ2v) is 10.1. The highest BCUT2D eigenvalue weighted by Gasteiger charge is 2.36. The van der Waals surface area contributed by atoms with Crippen LogP contribution in [-0.4, -0.2) is 49.9 Å². The molecule has 3 aromatic carbocycles. The molecule has 3 aliphatic rings. The number of rotatable bonds is 10. The molecule has 3 aliphatic heterocycles. The number of benzene rings is 3. The Morgan fingerprint density at radius 1 is 0.946 bits per heavy atom. The summed E-state index contributed by atoms with van der Waals surface area (Å²) >= 11 is 0. The fourth-order valence-electron chi connectivity index (χ4n) is 5.43. The molecule has 3 saturated heterocycles. The van der Waals surface area contributed by atoms with E-state index in [1.807, 2.05) is 30.3 Å². The van der Waals surface area contributed by atoms with Gasteiger partial charge in [0.05, 0.1) is 12.3 Å². The second-order valence-electron chi connectivity index (χ2n) is 10.1. The zero-order valence-electron chi connectivity index (χ0n) is 21.4. The van der Waals surface area contributed by atoms with Crippen molar-refractivity contribution in [1.82, 2.24) is 4.90 Å². The maximum absolute atomic E-state index is 13.0. The number of nitrogens with zero attached hydrogens (tertiary/aromatic N) is 1. The van der Waals surface area contributed by atoms with Crippen LogP contribution in [0.5, 0.6) is 5.75 Å². The smallest absolute Gasteiger partial charge is 0.411 e. The number of carbonyl (C=O) groups excluding carboxylic acids is 1. The zero-order valence-corrected chi connectivity index (χ0v) is 21.4. The van der Waals surface area contributed by atoms with E-state index >= 15 is 0 Å². The van der Waals surface area contributed by atoms with Gasteiger partial charge in [0, 0.05) is 12.1 Å². The number of nitrogens with two attached hydrogens (primary N) is 1. The highest BCUT2D eigenvalue weighted by molar-refractivity contribution is 5.91. The summed E-state index contributed by atoms with van der Waals surface area (Å²) < 4.78 is 11.8. The highest BCUT2D eigenvalue weighted by Crippen LogP contribution is 2.32. The van der Waals surface area contributed by atoms with Gasteiger partial charge in [-0.3, -0.25) is 10.2 Å². The molecule has 194 valence electrons. The number of nitrogens with one attached hydrogen (secondary N) is 1. The molecule has 0 spiro atoms. The monoisotopic (exact) mass is 499 g/mol. The predicted octanol–water partition coefficient (Wildman–Crippen LogP) is 5.51. The number of anilines is 1. The standard InChI is InChI=1S/C31H37N3O3/c32-17-14-23-8-11-27(12-9-23)36-20-4-5-24-10-13-28(25-6-2-1-3-7-25)29(21-24)33-31(35)37-30-22-34-18-15-26(30)16-19-34/h1-3,6-13,21,26,30H,4-5,14-20,22,32H2,(H,33,35)/t30-/m0/s1. The topological polar surface area (TPSA) is 76.8 Å². The molecule has 0 unspecified atom stereocenters. The van der Waals surface area contributed by atoms with Crippen molar-refractivity contribution in [2.45, 2.75) is 38.2 Å². The number of hydrogen-bond donors (Lipinski definition) is 2. The minimum atomic E-state index is -0.366. The van der Waals surface area contributed by atoms with E-state index in [4.69, 9.17) is 15.2 Å². The Hall–Kier alpha value is -3.35. The lowest BCUT2D eigenvalue weighted by molar-refractivity contribution is -0.0289. The fourth-order valence-corrected chi connectivity index (χ4v) is 5.43. The van der Waals surface area contributed by atoms with Crippen molar-refractivity contribution in [3.8, 4) is 16.9 Å². The van der Waals surface area contributed by atoms with Crippen LogP contribution in [0.3, 0.4) is 0 Å². The molecule has 1 atom stereocenters. The molecular formula is C31H37N3O3. The number of carbonyl (C=O) groups is 1. The maximum Gasteiger partial charge on any atom is 0.411 e. The summed E-state index contributed by atoms with van der Waals surface area (Å²) in [5.41, 5.74) is 10.8. The van der Waals surface area contributed by atoms with Crippen LogP contribution in [0.2, 0.25) is 0 Å². The van der Waals surface area contributed by atoms with E-state index in [9.17, 15) is 4.79 Å². The molecule has 6 rings (SSSR count). The van der Waals surface area contributed by atoms with E-state index in [-0.39, 0.29) is 12.2 Å². The van der Waals surface area contributed by atoms with Crippen LogP contribution in [0.4, 0.5) is 10.5 Å². The Morgan fingerprint density at radius 2 is 1.70 bits per heavy atom.